The van der Waals surface area contributed by atoms with Crippen molar-refractivity contribution < 1.29 is 14.3 Å². The minimum Gasteiger partial charge on any atom is -0.469 e. The highest BCUT2D eigenvalue weighted by molar-refractivity contribution is 6.33. The Morgan fingerprint density at radius 1 is 1.26 bits per heavy atom. The SMILES string of the molecule is COC(=O)CCN(C(=O)c1ccccc1Cl)C1CCCCC1C. The van der Waals surface area contributed by atoms with E-state index in [-0.39, 0.29) is 24.3 Å². The van der Waals surface area contributed by atoms with E-state index in [1.807, 2.05) is 11.0 Å². The molecule has 0 bridgehead atoms. The number of hydrogen-bond acceptors (Lipinski definition) is 3. The molecule has 1 aliphatic rings. The lowest BCUT2D eigenvalue weighted by Crippen LogP contribution is -2.46. The first-order valence-corrected chi connectivity index (χ1v) is 8.54. The van der Waals surface area contributed by atoms with Crippen molar-refractivity contribution in [1.82, 2.24) is 4.90 Å². The lowest BCUT2D eigenvalue weighted by molar-refractivity contribution is -0.141. The summed E-state index contributed by atoms with van der Waals surface area (Å²) in [6, 6.07) is 7.22. The average molecular weight is 338 g/mol. The molecule has 4 nitrogen and oxygen atoms in total. The maximum atomic E-state index is 13.0. The van der Waals surface area contributed by atoms with Gasteiger partial charge in [-0.05, 0) is 30.9 Å². The topological polar surface area (TPSA) is 46.6 Å². The molecule has 1 aliphatic carbocycles. The minimum atomic E-state index is -0.301. The van der Waals surface area contributed by atoms with E-state index in [1.165, 1.54) is 13.5 Å². The summed E-state index contributed by atoms with van der Waals surface area (Å²) in [6.45, 7) is 2.54. The number of carbonyl (C=O) groups excluding carboxylic acids is 2. The summed E-state index contributed by atoms with van der Waals surface area (Å²) in [4.78, 5) is 26.3. The highest BCUT2D eigenvalue weighted by atomic mass is 35.5. The van der Waals surface area contributed by atoms with Gasteiger partial charge < -0.3 is 9.64 Å². The van der Waals surface area contributed by atoms with Gasteiger partial charge in [-0.1, -0.05) is 43.5 Å². The van der Waals surface area contributed by atoms with Crippen LogP contribution in [0.3, 0.4) is 0 Å². The van der Waals surface area contributed by atoms with Crippen molar-refractivity contribution in [2.24, 2.45) is 5.92 Å². The first kappa shape index (κ1) is 17.8. The summed E-state index contributed by atoms with van der Waals surface area (Å²) >= 11 is 6.19. The molecular weight excluding hydrogens is 314 g/mol. The summed E-state index contributed by atoms with van der Waals surface area (Å²) in [5.74, 6) is 0.0245. The van der Waals surface area contributed by atoms with Gasteiger partial charge in [-0.3, -0.25) is 9.59 Å². The van der Waals surface area contributed by atoms with Crippen LogP contribution in [-0.4, -0.2) is 36.5 Å². The molecule has 0 saturated heterocycles. The molecule has 2 unspecified atom stereocenters. The van der Waals surface area contributed by atoms with Crippen LogP contribution >= 0.6 is 11.6 Å². The van der Waals surface area contributed by atoms with Gasteiger partial charge in [-0.25, -0.2) is 0 Å². The minimum absolute atomic E-state index is 0.0988. The van der Waals surface area contributed by atoms with Gasteiger partial charge in [0.25, 0.3) is 5.91 Å². The Kier molecular flexibility index (Phi) is 6.46. The van der Waals surface area contributed by atoms with Crippen molar-refractivity contribution in [3.8, 4) is 0 Å². The average Bonchev–Trinajstić information content (AvgIpc) is 2.56. The number of carbonyl (C=O) groups is 2. The van der Waals surface area contributed by atoms with E-state index in [0.717, 1.165) is 19.3 Å². The molecule has 0 aromatic heterocycles. The number of amides is 1. The molecule has 0 radical (unpaired) electrons. The molecule has 1 saturated carbocycles. The molecule has 0 aliphatic heterocycles. The maximum Gasteiger partial charge on any atom is 0.307 e. The summed E-state index contributed by atoms with van der Waals surface area (Å²) in [6.07, 6.45) is 4.59. The first-order valence-electron chi connectivity index (χ1n) is 8.17. The van der Waals surface area contributed by atoms with E-state index in [0.29, 0.717) is 23.0 Å². The van der Waals surface area contributed by atoms with Crippen LogP contribution < -0.4 is 0 Å². The molecule has 0 N–H and O–H groups in total. The molecule has 0 heterocycles. The second-order valence-electron chi connectivity index (χ2n) is 6.13. The van der Waals surface area contributed by atoms with E-state index < -0.39 is 0 Å². The highest BCUT2D eigenvalue weighted by Gasteiger charge is 2.31. The number of benzene rings is 1. The second kappa shape index (κ2) is 8.34. The third-order valence-corrected chi connectivity index (χ3v) is 4.95. The zero-order chi connectivity index (χ0) is 16.8. The van der Waals surface area contributed by atoms with Crippen molar-refractivity contribution in [3.63, 3.8) is 0 Å². The Hall–Kier alpha value is -1.55. The monoisotopic (exact) mass is 337 g/mol. The van der Waals surface area contributed by atoms with Gasteiger partial charge in [-0.15, -0.1) is 0 Å². The third kappa shape index (κ3) is 4.47. The van der Waals surface area contributed by atoms with Crippen molar-refractivity contribution >= 4 is 23.5 Å². The van der Waals surface area contributed by atoms with Crippen LogP contribution in [0.4, 0.5) is 0 Å². The van der Waals surface area contributed by atoms with Gasteiger partial charge in [0, 0.05) is 12.6 Å². The number of rotatable bonds is 5. The van der Waals surface area contributed by atoms with Gasteiger partial charge in [0.05, 0.1) is 24.1 Å². The van der Waals surface area contributed by atoms with E-state index in [9.17, 15) is 9.59 Å². The number of hydrogen-bond donors (Lipinski definition) is 0. The van der Waals surface area contributed by atoms with Crippen LogP contribution in [0.15, 0.2) is 24.3 Å². The van der Waals surface area contributed by atoms with Gasteiger partial charge in [0.1, 0.15) is 0 Å². The van der Waals surface area contributed by atoms with E-state index in [1.54, 1.807) is 18.2 Å². The largest absolute Gasteiger partial charge is 0.469 e. The molecule has 1 aromatic rings. The van der Waals surface area contributed by atoms with Crippen molar-refractivity contribution in [2.45, 2.75) is 45.1 Å². The van der Waals surface area contributed by atoms with Crippen LogP contribution in [0.25, 0.3) is 0 Å². The van der Waals surface area contributed by atoms with Crippen LogP contribution in [0.5, 0.6) is 0 Å². The summed E-state index contributed by atoms with van der Waals surface area (Å²) in [5.41, 5.74) is 0.497. The lowest BCUT2D eigenvalue weighted by atomic mass is 9.84. The number of nitrogens with zero attached hydrogens (tertiary/aromatic N) is 1. The molecule has 126 valence electrons. The Balaban J connectivity index is 2.23. The normalized spacial score (nSPS) is 20.8. The molecule has 0 spiro atoms. The van der Waals surface area contributed by atoms with Crippen molar-refractivity contribution in [1.29, 1.82) is 0 Å². The van der Waals surface area contributed by atoms with E-state index in [2.05, 4.69) is 6.92 Å². The third-order valence-electron chi connectivity index (χ3n) is 4.62. The zero-order valence-electron chi connectivity index (χ0n) is 13.8. The summed E-state index contributed by atoms with van der Waals surface area (Å²) in [7, 11) is 1.37. The predicted molar refractivity (Wildman–Crippen MR) is 90.5 cm³/mol. The van der Waals surface area contributed by atoms with Gasteiger partial charge in [0.2, 0.25) is 0 Å². The first-order chi connectivity index (χ1) is 11.0. The van der Waals surface area contributed by atoms with Crippen LogP contribution in [0.1, 0.15) is 49.4 Å². The summed E-state index contributed by atoms with van der Waals surface area (Å²) < 4.78 is 4.72. The molecule has 1 amide bonds. The fourth-order valence-corrected chi connectivity index (χ4v) is 3.50. The summed E-state index contributed by atoms with van der Waals surface area (Å²) in [5, 5.41) is 0.448. The fraction of sp³-hybridized carbons (Fsp3) is 0.556. The Bertz CT molecular complexity index is 561. The van der Waals surface area contributed by atoms with Gasteiger partial charge in [0.15, 0.2) is 0 Å². The Morgan fingerprint density at radius 3 is 2.61 bits per heavy atom. The van der Waals surface area contributed by atoms with E-state index >= 15 is 0 Å². The number of esters is 1. The van der Waals surface area contributed by atoms with Gasteiger partial charge >= 0.3 is 5.97 Å². The fourth-order valence-electron chi connectivity index (χ4n) is 3.28. The molecule has 2 atom stereocenters. The standard InChI is InChI=1S/C18H24ClNO3/c1-13-7-3-6-10-16(13)20(12-11-17(21)23-2)18(22)14-8-4-5-9-15(14)19/h4-5,8-9,13,16H,3,6-7,10-12H2,1-2H3. The smallest absolute Gasteiger partial charge is 0.307 e. The second-order valence-corrected chi connectivity index (χ2v) is 6.54. The van der Waals surface area contributed by atoms with Gasteiger partial charge in [-0.2, -0.15) is 0 Å². The van der Waals surface area contributed by atoms with Crippen LogP contribution in [0, 0.1) is 5.92 Å². The highest BCUT2D eigenvalue weighted by Crippen LogP contribution is 2.30. The van der Waals surface area contributed by atoms with E-state index in [4.69, 9.17) is 16.3 Å². The molecule has 1 aromatic carbocycles. The van der Waals surface area contributed by atoms with Crippen molar-refractivity contribution in [2.75, 3.05) is 13.7 Å². The number of methoxy groups -OCH3 is 1. The molecule has 5 heteroatoms. The van der Waals surface area contributed by atoms with Crippen LogP contribution in [0.2, 0.25) is 5.02 Å². The molecular formula is C18H24ClNO3. The quantitative estimate of drug-likeness (QED) is 0.765. The number of ether oxygens (including phenoxy) is 1. The van der Waals surface area contributed by atoms with Crippen molar-refractivity contribution in [3.05, 3.63) is 34.9 Å². The Morgan fingerprint density at radius 2 is 1.96 bits per heavy atom. The lowest BCUT2D eigenvalue weighted by Gasteiger charge is -2.38. The maximum absolute atomic E-state index is 13.0. The van der Waals surface area contributed by atoms with Crippen LogP contribution in [-0.2, 0) is 9.53 Å². The number of halogens is 1. The molecule has 2 rings (SSSR count). The predicted octanol–water partition coefficient (Wildman–Crippen LogP) is 3.92. The molecule has 1 fully saturated rings. The molecule has 23 heavy (non-hydrogen) atoms. The Labute approximate surface area is 142 Å². The zero-order valence-corrected chi connectivity index (χ0v) is 14.5.